The Hall–Kier alpha value is -1.57. The standard InChI is InChI=1S/C17H29NO4/c1-10(2)16(9-18,15(21)22-13(7)8)17(11(3)4,12(5)6)14(19)20/h10-13H,1-8H3,(H,19,20). The fourth-order valence-electron chi connectivity index (χ4n) is 3.70. The van der Waals surface area contributed by atoms with E-state index in [0.717, 1.165) is 0 Å². The molecule has 22 heavy (non-hydrogen) atoms. The van der Waals surface area contributed by atoms with Gasteiger partial charge in [-0.05, 0) is 31.6 Å². The number of esters is 1. The number of hydrogen-bond acceptors (Lipinski definition) is 4. The Morgan fingerprint density at radius 2 is 1.36 bits per heavy atom. The summed E-state index contributed by atoms with van der Waals surface area (Å²) in [5, 5.41) is 19.9. The van der Waals surface area contributed by atoms with E-state index in [0.29, 0.717) is 0 Å². The molecule has 126 valence electrons. The van der Waals surface area contributed by atoms with Crippen molar-refractivity contribution in [3.05, 3.63) is 0 Å². The molecule has 0 spiro atoms. The molecular formula is C17H29NO4. The maximum atomic E-state index is 12.8. The van der Waals surface area contributed by atoms with Crippen molar-refractivity contribution in [1.82, 2.24) is 0 Å². The lowest BCUT2D eigenvalue weighted by molar-refractivity contribution is -0.190. The Bertz CT molecular complexity index is 452. The molecule has 0 bridgehead atoms. The van der Waals surface area contributed by atoms with Gasteiger partial charge >= 0.3 is 11.9 Å². The lowest BCUT2D eigenvalue weighted by atomic mass is 9.50. The van der Waals surface area contributed by atoms with E-state index in [9.17, 15) is 20.0 Å². The lowest BCUT2D eigenvalue weighted by Gasteiger charge is -2.49. The van der Waals surface area contributed by atoms with Crippen molar-refractivity contribution in [2.45, 2.75) is 61.5 Å². The van der Waals surface area contributed by atoms with Crippen LogP contribution in [0.4, 0.5) is 0 Å². The minimum atomic E-state index is -1.74. The van der Waals surface area contributed by atoms with Crippen molar-refractivity contribution in [3.63, 3.8) is 0 Å². The van der Waals surface area contributed by atoms with E-state index in [2.05, 4.69) is 0 Å². The average molecular weight is 311 g/mol. The first-order valence-electron chi connectivity index (χ1n) is 7.78. The number of carbonyl (C=O) groups excluding carboxylic acids is 1. The predicted molar refractivity (Wildman–Crippen MR) is 83.9 cm³/mol. The highest BCUT2D eigenvalue weighted by atomic mass is 16.5. The molecule has 0 heterocycles. The summed E-state index contributed by atoms with van der Waals surface area (Å²) in [4.78, 5) is 25.0. The van der Waals surface area contributed by atoms with Gasteiger partial charge in [-0.1, -0.05) is 41.5 Å². The van der Waals surface area contributed by atoms with Gasteiger partial charge in [0.2, 0.25) is 0 Å². The Labute approximate surface area is 133 Å². The lowest BCUT2D eigenvalue weighted by Crippen LogP contribution is -2.61. The summed E-state index contributed by atoms with van der Waals surface area (Å²) in [6.45, 7) is 13.7. The van der Waals surface area contributed by atoms with Gasteiger partial charge in [-0.2, -0.15) is 5.26 Å². The largest absolute Gasteiger partial charge is 0.481 e. The molecule has 1 N–H and O–H groups in total. The molecule has 0 rings (SSSR count). The van der Waals surface area contributed by atoms with Gasteiger partial charge in [0.1, 0.15) is 5.41 Å². The summed E-state index contributed by atoms with van der Waals surface area (Å²) < 4.78 is 5.30. The normalized spacial score (nSPS) is 15.0. The Balaban J connectivity index is 6.66. The first-order chi connectivity index (χ1) is 9.92. The zero-order valence-corrected chi connectivity index (χ0v) is 14.9. The predicted octanol–water partition coefficient (Wildman–Crippen LogP) is 3.49. The van der Waals surface area contributed by atoms with E-state index < -0.39 is 46.6 Å². The van der Waals surface area contributed by atoms with E-state index in [-0.39, 0.29) is 0 Å². The molecule has 5 heteroatoms. The van der Waals surface area contributed by atoms with Crippen molar-refractivity contribution in [3.8, 4) is 6.07 Å². The van der Waals surface area contributed by atoms with Crippen LogP contribution in [-0.4, -0.2) is 23.1 Å². The van der Waals surface area contributed by atoms with E-state index >= 15 is 0 Å². The van der Waals surface area contributed by atoms with Gasteiger partial charge in [-0.25, -0.2) is 0 Å². The zero-order chi connectivity index (χ0) is 17.9. The maximum Gasteiger partial charge on any atom is 0.328 e. The number of carboxylic acid groups (broad SMARTS) is 1. The summed E-state index contributed by atoms with van der Waals surface area (Å²) in [6, 6.07) is 2.05. The Morgan fingerprint density at radius 3 is 1.55 bits per heavy atom. The van der Waals surface area contributed by atoms with Crippen molar-refractivity contribution in [2.24, 2.45) is 28.6 Å². The van der Waals surface area contributed by atoms with Crippen LogP contribution in [0.2, 0.25) is 0 Å². The molecule has 0 saturated carbocycles. The van der Waals surface area contributed by atoms with Crippen molar-refractivity contribution in [2.75, 3.05) is 0 Å². The molecule has 0 amide bonds. The van der Waals surface area contributed by atoms with Crippen LogP contribution in [0, 0.1) is 39.9 Å². The van der Waals surface area contributed by atoms with Crippen LogP contribution in [0.1, 0.15) is 55.4 Å². The van der Waals surface area contributed by atoms with E-state index in [1.807, 2.05) is 6.07 Å². The van der Waals surface area contributed by atoms with Crippen molar-refractivity contribution >= 4 is 11.9 Å². The number of nitriles is 1. The van der Waals surface area contributed by atoms with Gasteiger partial charge in [-0.3, -0.25) is 9.59 Å². The molecule has 0 fully saturated rings. The summed E-state index contributed by atoms with van der Waals surface area (Å²) in [5.41, 5.74) is -3.27. The number of carbonyl (C=O) groups is 2. The second-order valence-corrected chi connectivity index (χ2v) is 7.01. The fraction of sp³-hybridized carbons (Fsp3) is 0.824. The zero-order valence-electron chi connectivity index (χ0n) is 14.9. The highest BCUT2D eigenvalue weighted by Gasteiger charge is 2.67. The summed E-state index contributed by atoms with van der Waals surface area (Å²) >= 11 is 0. The maximum absolute atomic E-state index is 12.8. The van der Waals surface area contributed by atoms with Gasteiger partial charge in [0, 0.05) is 0 Å². The van der Waals surface area contributed by atoms with Gasteiger partial charge in [0.25, 0.3) is 0 Å². The van der Waals surface area contributed by atoms with Crippen LogP contribution >= 0.6 is 0 Å². The molecule has 0 radical (unpaired) electrons. The van der Waals surface area contributed by atoms with Crippen LogP contribution < -0.4 is 0 Å². The SMILES string of the molecule is CC(C)OC(=O)C(C#N)(C(C)C)C(C(=O)O)(C(C)C)C(C)C. The molecule has 0 aliphatic heterocycles. The summed E-state index contributed by atoms with van der Waals surface area (Å²) in [5.74, 6) is -3.19. The minimum absolute atomic E-state index is 0.410. The van der Waals surface area contributed by atoms with Crippen LogP contribution in [0.5, 0.6) is 0 Å². The highest BCUT2D eigenvalue weighted by molar-refractivity contribution is 5.91. The number of ether oxygens (including phenoxy) is 1. The second kappa shape index (κ2) is 7.13. The number of nitrogens with zero attached hydrogens (tertiary/aromatic N) is 1. The molecule has 0 aromatic carbocycles. The van der Waals surface area contributed by atoms with Gasteiger partial charge in [0.05, 0.1) is 12.2 Å². The number of hydrogen-bond donors (Lipinski definition) is 1. The van der Waals surface area contributed by atoms with Gasteiger partial charge < -0.3 is 9.84 Å². The van der Waals surface area contributed by atoms with Crippen LogP contribution in [0.25, 0.3) is 0 Å². The minimum Gasteiger partial charge on any atom is -0.481 e. The van der Waals surface area contributed by atoms with Crippen molar-refractivity contribution < 1.29 is 19.4 Å². The number of carboxylic acids is 1. The quantitative estimate of drug-likeness (QED) is 0.727. The van der Waals surface area contributed by atoms with E-state index in [1.54, 1.807) is 55.4 Å². The first kappa shape index (κ1) is 20.4. The fourth-order valence-corrected chi connectivity index (χ4v) is 3.70. The third-order valence-corrected chi connectivity index (χ3v) is 4.53. The van der Waals surface area contributed by atoms with Crippen LogP contribution in [-0.2, 0) is 14.3 Å². The van der Waals surface area contributed by atoms with Crippen LogP contribution in [0.15, 0.2) is 0 Å². The molecular weight excluding hydrogens is 282 g/mol. The molecule has 1 unspecified atom stereocenters. The second-order valence-electron chi connectivity index (χ2n) is 7.01. The third kappa shape index (κ3) is 2.84. The monoisotopic (exact) mass is 311 g/mol. The number of aliphatic carboxylic acids is 1. The van der Waals surface area contributed by atoms with E-state index in [4.69, 9.17) is 4.74 Å². The summed E-state index contributed by atoms with van der Waals surface area (Å²) in [7, 11) is 0. The molecule has 0 aromatic rings. The molecule has 0 aliphatic rings. The summed E-state index contributed by atoms with van der Waals surface area (Å²) in [6.07, 6.45) is -0.412. The average Bonchev–Trinajstić information content (AvgIpc) is 2.32. The van der Waals surface area contributed by atoms with E-state index in [1.165, 1.54) is 0 Å². The first-order valence-corrected chi connectivity index (χ1v) is 7.78. The third-order valence-electron chi connectivity index (χ3n) is 4.53. The van der Waals surface area contributed by atoms with Crippen molar-refractivity contribution in [1.29, 1.82) is 5.26 Å². The topological polar surface area (TPSA) is 87.4 Å². The van der Waals surface area contributed by atoms with Crippen LogP contribution in [0.3, 0.4) is 0 Å². The molecule has 0 saturated heterocycles. The number of rotatable bonds is 7. The van der Waals surface area contributed by atoms with Gasteiger partial charge in [-0.15, -0.1) is 0 Å². The molecule has 0 aromatic heterocycles. The Kier molecular flexibility index (Phi) is 6.62. The highest BCUT2D eigenvalue weighted by Crippen LogP contribution is 2.55. The smallest absolute Gasteiger partial charge is 0.328 e. The van der Waals surface area contributed by atoms with Gasteiger partial charge in [0.15, 0.2) is 5.41 Å². The molecule has 1 atom stereocenters. The molecule has 0 aliphatic carbocycles. The molecule has 5 nitrogen and oxygen atoms in total. The Morgan fingerprint density at radius 1 is 0.955 bits per heavy atom.